The fraction of sp³-hybridized carbons (Fsp3) is 0.333. The molecule has 1 fully saturated rings. The lowest BCUT2D eigenvalue weighted by Gasteiger charge is -2.38. The van der Waals surface area contributed by atoms with Gasteiger partial charge in [-0.2, -0.15) is 8.42 Å². The number of ether oxygens (including phenoxy) is 5. The van der Waals surface area contributed by atoms with Gasteiger partial charge in [0.05, 0.1) is 6.61 Å². The van der Waals surface area contributed by atoms with Gasteiger partial charge in [0.15, 0.2) is 53.5 Å². The molecule has 3 heterocycles. The molecule has 1 saturated heterocycles. The third-order valence-corrected chi connectivity index (χ3v) is 8.42. The molecule has 3 aliphatic heterocycles. The normalized spacial score (nSPS) is 29.0. The third-order valence-electron chi connectivity index (χ3n) is 8.03. The van der Waals surface area contributed by atoms with Gasteiger partial charge in [-0.3, -0.25) is 9.35 Å². The summed E-state index contributed by atoms with van der Waals surface area (Å²) in [6, 6.07) is 9.52. The van der Waals surface area contributed by atoms with Crippen LogP contribution >= 0.6 is 0 Å². The van der Waals surface area contributed by atoms with Crippen molar-refractivity contribution in [3.8, 4) is 40.2 Å². The van der Waals surface area contributed by atoms with Crippen LogP contribution in [0.1, 0.15) is 33.7 Å². The number of phenolic OH excluding ortho intramolecular Hbond substituents is 2. The number of hydrogen-bond donors (Lipinski definition) is 9. The zero-order chi connectivity index (χ0) is 36.2. The molecule has 3 aromatic carbocycles. The fourth-order valence-corrected chi connectivity index (χ4v) is 6.01. The van der Waals surface area contributed by atoms with E-state index in [4.69, 9.17) is 28.2 Å². The van der Waals surface area contributed by atoms with Crippen molar-refractivity contribution in [2.45, 2.75) is 55.1 Å². The predicted octanol–water partition coefficient (Wildman–Crippen LogP) is -0.899. The standard InChI is InChI=1S/C30H28O19S/c31-9-19-26(10-1-3-15(13(32)5-10)49-50(41,42)43)46-17-6-11(2-4-16(17)45-19)27-23(36)21(34)20-14(33)7-12(8-18(20)47-27)44-30-25(38)22(35)24(37)28(48-30)29(39)40/h1-8,19,22-28,30-33,35-38H,9H2,(H,39,40)(H,41,42,43). The zero-order valence-corrected chi connectivity index (χ0v) is 25.9. The second kappa shape index (κ2) is 13.1. The summed E-state index contributed by atoms with van der Waals surface area (Å²) < 4.78 is 63.7. The van der Waals surface area contributed by atoms with Crippen LogP contribution in [-0.4, -0.2) is 115 Å². The van der Waals surface area contributed by atoms with Crippen molar-refractivity contribution in [3.05, 3.63) is 65.2 Å². The van der Waals surface area contributed by atoms with Crippen molar-refractivity contribution in [1.29, 1.82) is 0 Å². The minimum atomic E-state index is -4.94. The van der Waals surface area contributed by atoms with Crippen LogP contribution in [0.4, 0.5) is 0 Å². The van der Waals surface area contributed by atoms with Crippen molar-refractivity contribution in [2.75, 3.05) is 6.61 Å². The van der Waals surface area contributed by atoms with Gasteiger partial charge in [-0.1, -0.05) is 12.1 Å². The number of carboxylic acids is 1. The van der Waals surface area contributed by atoms with Gasteiger partial charge in [0.25, 0.3) is 0 Å². The van der Waals surface area contributed by atoms with Gasteiger partial charge in [0.1, 0.15) is 41.1 Å². The summed E-state index contributed by atoms with van der Waals surface area (Å²) in [6.45, 7) is -0.570. The largest absolute Gasteiger partial charge is 0.507 e. The number of aliphatic carboxylic acids is 1. The van der Waals surface area contributed by atoms with Crippen molar-refractivity contribution >= 4 is 22.2 Å². The molecule has 3 aliphatic rings. The minimum absolute atomic E-state index is 0.0288. The van der Waals surface area contributed by atoms with E-state index in [2.05, 4.69) is 4.18 Å². The number of aliphatic hydroxyl groups is 5. The van der Waals surface area contributed by atoms with Gasteiger partial charge in [0, 0.05) is 17.7 Å². The number of ketones is 1. The summed E-state index contributed by atoms with van der Waals surface area (Å²) >= 11 is 0. The molecule has 268 valence electrons. The second-order valence-electron chi connectivity index (χ2n) is 11.3. The summed E-state index contributed by atoms with van der Waals surface area (Å²) in [5, 5.41) is 81.4. The smallest absolute Gasteiger partial charge is 0.446 e. The molecule has 0 spiro atoms. The molecule has 0 bridgehead atoms. The summed E-state index contributed by atoms with van der Waals surface area (Å²) in [5.74, 6) is -5.10. The highest BCUT2D eigenvalue weighted by Crippen LogP contribution is 2.46. The average Bonchev–Trinajstić information content (AvgIpc) is 3.05. The average molecular weight is 725 g/mol. The Morgan fingerprint density at radius 1 is 0.800 bits per heavy atom. The molecule has 0 aromatic heterocycles. The van der Waals surface area contributed by atoms with Gasteiger partial charge in [-0.05, 0) is 29.8 Å². The van der Waals surface area contributed by atoms with Crippen LogP contribution in [0.2, 0.25) is 0 Å². The minimum Gasteiger partial charge on any atom is -0.507 e. The first-order valence-electron chi connectivity index (χ1n) is 14.5. The van der Waals surface area contributed by atoms with Gasteiger partial charge in [-0.15, -0.1) is 0 Å². The fourth-order valence-electron chi connectivity index (χ4n) is 5.64. The van der Waals surface area contributed by atoms with Gasteiger partial charge < -0.3 is 68.7 Å². The van der Waals surface area contributed by atoms with Gasteiger partial charge >= 0.3 is 16.4 Å². The monoisotopic (exact) mass is 724 g/mol. The van der Waals surface area contributed by atoms with E-state index < -0.39 is 107 Å². The van der Waals surface area contributed by atoms with E-state index in [1.54, 1.807) is 0 Å². The number of carboxylic acid groups (broad SMARTS) is 1. The number of Topliss-reactive ketones (excluding diaryl/α,β-unsaturated/α-hetero) is 1. The summed E-state index contributed by atoms with van der Waals surface area (Å²) in [6.07, 6.45) is -15.2. The predicted molar refractivity (Wildman–Crippen MR) is 158 cm³/mol. The molecule has 0 radical (unpaired) electrons. The van der Waals surface area contributed by atoms with E-state index in [9.17, 15) is 58.9 Å². The maximum atomic E-state index is 13.2. The Morgan fingerprint density at radius 3 is 2.14 bits per heavy atom. The van der Waals surface area contributed by atoms with E-state index in [1.807, 2.05) is 0 Å². The summed E-state index contributed by atoms with van der Waals surface area (Å²) in [7, 11) is -4.94. The molecule has 3 aromatic rings. The van der Waals surface area contributed by atoms with E-state index in [0.717, 1.165) is 24.3 Å². The number of benzene rings is 3. The molecule has 9 unspecified atom stereocenters. The Bertz CT molecular complexity index is 1930. The van der Waals surface area contributed by atoms with E-state index in [1.165, 1.54) is 24.3 Å². The first-order chi connectivity index (χ1) is 23.6. The quantitative estimate of drug-likeness (QED) is 0.127. The number of carbonyl (C=O) groups is 2. The molecule has 19 nitrogen and oxygen atoms in total. The lowest BCUT2D eigenvalue weighted by Crippen LogP contribution is -2.61. The number of aromatic hydroxyl groups is 2. The lowest BCUT2D eigenvalue weighted by atomic mass is 9.92. The molecule has 9 N–H and O–H groups in total. The molecule has 0 amide bonds. The Labute approximate surface area is 280 Å². The van der Waals surface area contributed by atoms with Crippen molar-refractivity contribution in [2.24, 2.45) is 0 Å². The van der Waals surface area contributed by atoms with Crippen molar-refractivity contribution < 1.29 is 91.3 Å². The number of phenols is 2. The summed E-state index contributed by atoms with van der Waals surface area (Å²) in [4.78, 5) is 24.7. The SMILES string of the molecule is O=C1c2c(O)cc(OC3OC(C(=O)O)C(O)C(O)C3O)cc2OC(c2ccc3c(c2)OC(c2ccc(OS(=O)(=O)O)c(O)c2)C(CO)O3)C1O. The molecule has 9 atom stereocenters. The molecular weight excluding hydrogens is 696 g/mol. The Kier molecular flexibility index (Phi) is 9.13. The first kappa shape index (κ1) is 34.9. The highest BCUT2D eigenvalue weighted by Gasteiger charge is 2.48. The highest BCUT2D eigenvalue weighted by atomic mass is 32.3. The number of carbonyl (C=O) groups excluding carboxylic acids is 1. The zero-order valence-electron chi connectivity index (χ0n) is 25.0. The van der Waals surface area contributed by atoms with Crippen LogP contribution in [0, 0.1) is 0 Å². The first-order valence-corrected chi connectivity index (χ1v) is 15.9. The van der Waals surface area contributed by atoms with Crippen LogP contribution in [0.25, 0.3) is 0 Å². The van der Waals surface area contributed by atoms with Crippen molar-refractivity contribution in [1.82, 2.24) is 0 Å². The Balaban J connectivity index is 1.26. The molecule has 6 rings (SSSR count). The number of rotatable bonds is 8. The second-order valence-corrected chi connectivity index (χ2v) is 12.4. The van der Waals surface area contributed by atoms with Crippen LogP contribution in [0.15, 0.2) is 48.5 Å². The lowest BCUT2D eigenvalue weighted by molar-refractivity contribution is -0.271. The molecule has 20 heteroatoms. The van der Waals surface area contributed by atoms with E-state index in [0.29, 0.717) is 0 Å². The Morgan fingerprint density at radius 2 is 1.48 bits per heavy atom. The molecular formula is C30H28O19S. The Hall–Kier alpha value is -4.93. The topological polar surface area (TPSA) is 306 Å². The van der Waals surface area contributed by atoms with Gasteiger partial charge in [0.2, 0.25) is 12.1 Å². The number of hydrogen-bond acceptors (Lipinski definition) is 17. The number of fused-ring (bicyclic) bond motifs is 2. The molecule has 0 aliphatic carbocycles. The highest BCUT2D eigenvalue weighted by molar-refractivity contribution is 7.81. The van der Waals surface area contributed by atoms with Crippen molar-refractivity contribution in [3.63, 3.8) is 0 Å². The summed E-state index contributed by atoms with van der Waals surface area (Å²) in [5.41, 5.74) is -0.0992. The van der Waals surface area contributed by atoms with E-state index >= 15 is 0 Å². The molecule has 50 heavy (non-hydrogen) atoms. The van der Waals surface area contributed by atoms with Crippen LogP contribution < -0.4 is 23.1 Å². The van der Waals surface area contributed by atoms with Crippen LogP contribution in [0.3, 0.4) is 0 Å². The van der Waals surface area contributed by atoms with Gasteiger partial charge in [-0.25, -0.2) is 4.79 Å². The van der Waals surface area contributed by atoms with E-state index in [-0.39, 0.29) is 34.1 Å². The number of aliphatic hydroxyl groups excluding tert-OH is 5. The van der Waals surface area contributed by atoms with Crippen LogP contribution in [-0.2, 0) is 19.9 Å². The van der Waals surface area contributed by atoms with Crippen LogP contribution in [0.5, 0.6) is 40.2 Å². The molecule has 0 saturated carbocycles. The maximum absolute atomic E-state index is 13.2. The maximum Gasteiger partial charge on any atom is 0.446 e. The third kappa shape index (κ3) is 6.53.